The summed E-state index contributed by atoms with van der Waals surface area (Å²) in [4.78, 5) is 17.3. The molecular weight excluding hydrogens is 238 g/mol. The summed E-state index contributed by atoms with van der Waals surface area (Å²) in [6, 6.07) is 2.17. The van der Waals surface area contributed by atoms with Crippen LogP contribution in [0.2, 0.25) is 0 Å². The summed E-state index contributed by atoms with van der Waals surface area (Å²) in [5.74, 6) is -0.345. The zero-order valence-electron chi connectivity index (χ0n) is 10.1. The van der Waals surface area contributed by atoms with Gasteiger partial charge in [0.1, 0.15) is 0 Å². The average molecular weight is 253 g/mol. The minimum absolute atomic E-state index is 0.0482. The van der Waals surface area contributed by atoms with Crippen molar-refractivity contribution >= 4 is 22.4 Å². The molecule has 0 amide bonds. The third-order valence-corrected chi connectivity index (χ3v) is 3.19. The number of aromatic nitrogens is 1. The van der Waals surface area contributed by atoms with E-state index in [1.165, 1.54) is 18.4 Å². The number of carbonyl (C=O) groups excluding carboxylic acids is 1. The molecule has 0 radical (unpaired) electrons. The standard InChI is InChI=1S/C11H15N3O2S/c1-8(5-12)6-14(2)11-13-9(7-17-11)4-10(15)16-3/h7-8H,4,6H2,1-3H3. The number of hydrogen-bond donors (Lipinski definition) is 0. The molecule has 0 N–H and O–H groups in total. The molecule has 92 valence electrons. The Morgan fingerprint density at radius 1 is 1.76 bits per heavy atom. The Kier molecular flexibility index (Phi) is 4.91. The van der Waals surface area contributed by atoms with Crippen molar-refractivity contribution in [3.05, 3.63) is 11.1 Å². The van der Waals surface area contributed by atoms with Crippen LogP contribution in [0.3, 0.4) is 0 Å². The number of carbonyl (C=O) groups is 1. The Morgan fingerprint density at radius 3 is 3.06 bits per heavy atom. The van der Waals surface area contributed by atoms with Gasteiger partial charge in [0, 0.05) is 19.0 Å². The molecule has 17 heavy (non-hydrogen) atoms. The fourth-order valence-electron chi connectivity index (χ4n) is 1.30. The van der Waals surface area contributed by atoms with Crippen LogP contribution in [0.4, 0.5) is 5.13 Å². The molecule has 1 unspecified atom stereocenters. The number of thiazole rings is 1. The Hall–Kier alpha value is -1.61. The number of ether oxygens (including phenoxy) is 1. The second kappa shape index (κ2) is 6.21. The summed E-state index contributed by atoms with van der Waals surface area (Å²) in [6.45, 7) is 2.49. The lowest BCUT2D eigenvalue weighted by Gasteiger charge is -2.16. The molecule has 0 aliphatic heterocycles. The van der Waals surface area contributed by atoms with Crippen LogP contribution in [0, 0.1) is 17.2 Å². The Labute approximate surface area is 105 Å². The summed E-state index contributed by atoms with van der Waals surface area (Å²) in [5, 5.41) is 11.4. The van der Waals surface area contributed by atoms with E-state index in [2.05, 4.69) is 15.8 Å². The quantitative estimate of drug-likeness (QED) is 0.743. The van der Waals surface area contributed by atoms with Gasteiger partial charge in [-0.1, -0.05) is 0 Å². The van der Waals surface area contributed by atoms with Gasteiger partial charge in [0.25, 0.3) is 0 Å². The largest absolute Gasteiger partial charge is 0.469 e. The van der Waals surface area contributed by atoms with Crippen LogP contribution >= 0.6 is 11.3 Å². The van der Waals surface area contributed by atoms with Crippen LogP contribution in [0.1, 0.15) is 12.6 Å². The highest BCUT2D eigenvalue weighted by molar-refractivity contribution is 7.13. The van der Waals surface area contributed by atoms with Crippen molar-refractivity contribution in [2.75, 3.05) is 25.6 Å². The SMILES string of the molecule is COC(=O)Cc1csc(N(C)CC(C)C#N)n1. The summed E-state index contributed by atoms with van der Waals surface area (Å²) in [6.07, 6.45) is 0.189. The molecule has 0 aliphatic carbocycles. The maximum absolute atomic E-state index is 11.1. The normalized spacial score (nSPS) is 11.6. The monoisotopic (exact) mass is 253 g/mol. The van der Waals surface area contributed by atoms with Gasteiger partial charge >= 0.3 is 5.97 Å². The van der Waals surface area contributed by atoms with Crippen LogP contribution in [0.15, 0.2) is 5.38 Å². The van der Waals surface area contributed by atoms with Gasteiger partial charge in [-0.05, 0) is 6.92 Å². The number of methoxy groups -OCH3 is 1. The highest BCUT2D eigenvalue weighted by Gasteiger charge is 2.12. The van der Waals surface area contributed by atoms with Gasteiger partial charge in [-0.15, -0.1) is 11.3 Å². The highest BCUT2D eigenvalue weighted by Crippen LogP contribution is 2.20. The number of hydrogen-bond acceptors (Lipinski definition) is 6. The molecule has 6 heteroatoms. The van der Waals surface area contributed by atoms with E-state index in [4.69, 9.17) is 5.26 Å². The summed E-state index contributed by atoms with van der Waals surface area (Å²) in [5.41, 5.74) is 0.702. The molecule has 1 aromatic heterocycles. The topological polar surface area (TPSA) is 66.2 Å². The Morgan fingerprint density at radius 2 is 2.47 bits per heavy atom. The summed E-state index contributed by atoms with van der Waals surface area (Å²) in [7, 11) is 3.24. The van der Waals surface area contributed by atoms with Crippen molar-refractivity contribution in [1.29, 1.82) is 5.26 Å². The summed E-state index contributed by atoms with van der Waals surface area (Å²) < 4.78 is 4.57. The third-order valence-electron chi connectivity index (χ3n) is 2.19. The van der Waals surface area contributed by atoms with Gasteiger partial charge in [-0.25, -0.2) is 4.98 Å². The second-order valence-corrected chi connectivity index (χ2v) is 4.62. The van der Waals surface area contributed by atoms with E-state index in [0.717, 1.165) is 5.13 Å². The molecule has 1 aromatic rings. The van der Waals surface area contributed by atoms with Crippen LogP contribution in [-0.2, 0) is 16.0 Å². The van der Waals surface area contributed by atoms with Crippen molar-refractivity contribution in [1.82, 2.24) is 4.98 Å². The zero-order chi connectivity index (χ0) is 12.8. The molecule has 1 heterocycles. The number of nitriles is 1. The van der Waals surface area contributed by atoms with Crippen molar-refractivity contribution in [2.45, 2.75) is 13.3 Å². The molecule has 1 rings (SSSR count). The fraction of sp³-hybridized carbons (Fsp3) is 0.545. The van der Waals surface area contributed by atoms with Crippen LogP contribution in [0.5, 0.6) is 0 Å². The molecule has 0 fully saturated rings. The first-order valence-corrected chi connectivity index (χ1v) is 6.06. The lowest BCUT2D eigenvalue weighted by atomic mass is 10.2. The van der Waals surface area contributed by atoms with Crippen molar-refractivity contribution in [3.8, 4) is 6.07 Å². The molecular formula is C11H15N3O2S. The first-order valence-electron chi connectivity index (χ1n) is 5.18. The minimum Gasteiger partial charge on any atom is -0.469 e. The van der Waals surface area contributed by atoms with E-state index in [9.17, 15) is 4.79 Å². The van der Waals surface area contributed by atoms with E-state index < -0.39 is 0 Å². The molecule has 0 bridgehead atoms. The third kappa shape index (κ3) is 4.04. The summed E-state index contributed by atoms with van der Waals surface area (Å²) >= 11 is 1.46. The molecule has 5 nitrogen and oxygen atoms in total. The smallest absolute Gasteiger partial charge is 0.311 e. The number of nitrogens with zero attached hydrogens (tertiary/aromatic N) is 3. The highest BCUT2D eigenvalue weighted by atomic mass is 32.1. The maximum atomic E-state index is 11.1. The molecule has 0 saturated heterocycles. The van der Waals surface area contributed by atoms with E-state index in [1.807, 2.05) is 24.3 Å². The van der Waals surface area contributed by atoms with Crippen LogP contribution < -0.4 is 4.90 Å². The van der Waals surface area contributed by atoms with Crippen molar-refractivity contribution < 1.29 is 9.53 Å². The number of rotatable bonds is 5. The van der Waals surface area contributed by atoms with E-state index >= 15 is 0 Å². The van der Waals surface area contributed by atoms with Gasteiger partial charge in [-0.2, -0.15) is 5.26 Å². The zero-order valence-corrected chi connectivity index (χ0v) is 11.0. The van der Waals surface area contributed by atoms with E-state index in [0.29, 0.717) is 12.2 Å². The molecule has 0 aromatic carbocycles. The number of esters is 1. The van der Waals surface area contributed by atoms with Gasteiger partial charge < -0.3 is 9.64 Å². The Balaban J connectivity index is 2.61. The minimum atomic E-state index is -0.296. The van der Waals surface area contributed by atoms with Crippen molar-refractivity contribution in [2.24, 2.45) is 5.92 Å². The van der Waals surface area contributed by atoms with Gasteiger partial charge in [0.2, 0.25) is 0 Å². The maximum Gasteiger partial charge on any atom is 0.311 e. The fourth-order valence-corrected chi connectivity index (χ4v) is 2.10. The van der Waals surface area contributed by atoms with E-state index in [-0.39, 0.29) is 18.3 Å². The van der Waals surface area contributed by atoms with Crippen LogP contribution in [0.25, 0.3) is 0 Å². The molecule has 0 spiro atoms. The molecule has 0 aliphatic rings. The number of anilines is 1. The lowest BCUT2D eigenvalue weighted by Crippen LogP contribution is -2.23. The second-order valence-electron chi connectivity index (χ2n) is 3.78. The predicted octanol–water partition coefficient (Wildman–Crippen LogP) is 1.45. The van der Waals surface area contributed by atoms with Crippen molar-refractivity contribution in [3.63, 3.8) is 0 Å². The Bertz CT molecular complexity index is 425. The molecule has 1 atom stereocenters. The first-order chi connectivity index (χ1) is 8.06. The molecule has 0 saturated carbocycles. The average Bonchev–Trinajstić information content (AvgIpc) is 2.77. The van der Waals surface area contributed by atoms with Gasteiger partial charge in [0.15, 0.2) is 5.13 Å². The lowest BCUT2D eigenvalue weighted by molar-refractivity contribution is -0.139. The van der Waals surface area contributed by atoms with Crippen LogP contribution in [-0.4, -0.2) is 31.7 Å². The van der Waals surface area contributed by atoms with E-state index in [1.54, 1.807) is 0 Å². The van der Waals surface area contributed by atoms with Gasteiger partial charge in [0.05, 0.1) is 31.2 Å². The first kappa shape index (κ1) is 13.5. The van der Waals surface area contributed by atoms with Gasteiger partial charge in [-0.3, -0.25) is 4.79 Å². The predicted molar refractivity (Wildman–Crippen MR) is 65.9 cm³/mol.